The molecule has 0 aliphatic rings. The number of nitrogens with zero attached hydrogens (tertiary/aromatic N) is 2. The highest BCUT2D eigenvalue weighted by Crippen LogP contribution is 2.28. The van der Waals surface area contributed by atoms with E-state index in [0.717, 1.165) is 16.7 Å². The lowest BCUT2D eigenvalue weighted by atomic mass is 9.86. The van der Waals surface area contributed by atoms with Crippen LogP contribution in [0, 0.1) is 11.7 Å². The molecule has 4 aromatic carbocycles. The first-order chi connectivity index (χ1) is 20.1. The maximum atomic E-state index is 14.1. The summed E-state index contributed by atoms with van der Waals surface area (Å²) in [6, 6.07) is 28.4. The number of hydrogen-bond acceptors (Lipinski definition) is 5. The molecular formula is C35H31FN2O4. The number of carboxylic acid groups (broad SMARTS) is 1. The number of ketones is 1. The van der Waals surface area contributed by atoms with Crippen LogP contribution in [0.1, 0.15) is 48.7 Å². The van der Waals surface area contributed by atoms with Crippen LogP contribution in [0.5, 0.6) is 0 Å². The van der Waals surface area contributed by atoms with Gasteiger partial charge in [0.2, 0.25) is 5.82 Å². The number of Topliss-reactive ketones (excluding diaryl/α,β-unsaturated/α-hetero) is 1. The van der Waals surface area contributed by atoms with Gasteiger partial charge in [-0.05, 0) is 46.7 Å². The van der Waals surface area contributed by atoms with Crippen LogP contribution in [0.3, 0.4) is 0 Å². The third kappa shape index (κ3) is 6.52. The molecule has 0 aliphatic carbocycles. The molecule has 0 aliphatic heterocycles. The lowest BCUT2D eigenvalue weighted by Crippen LogP contribution is -2.20. The maximum Gasteiger partial charge on any atom is 0.307 e. The zero-order chi connectivity index (χ0) is 29.9. The SMILES string of the molecule is CC(C)(C)c1ccc(C(=O)C[C@@H](Cc2ccc(-c3noc(-c4ccc(-c5ccccc5F)cc4)n3)cc2)C(=O)O)cc1. The fraction of sp³-hybridized carbons (Fsp3) is 0.200. The first kappa shape index (κ1) is 28.6. The molecule has 0 spiro atoms. The van der Waals surface area contributed by atoms with E-state index in [1.165, 1.54) is 6.07 Å². The zero-order valence-corrected chi connectivity index (χ0v) is 23.7. The standard InChI is InChI=1S/C35H31FN2O4/c1-35(2,3)28-18-16-24(17-19-28)31(39)21-27(34(40)41)20-22-8-10-25(11-9-22)32-37-33(42-38-32)26-14-12-23(13-15-26)29-6-4-5-7-30(29)36/h4-19,27H,20-21H2,1-3H3,(H,40,41)/t27-/m1/s1. The van der Waals surface area contributed by atoms with Crippen molar-refractivity contribution in [1.29, 1.82) is 0 Å². The molecule has 0 bridgehead atoms. The highest BCUT2D eigenvalue weighted by atomic mass is 19.1. The molecule has 0 radical (unpaired) electrons. The second-order valence-corrected chi connectivity index (χ2v) is 11.4. The molecule has 0 unspecified atom stereocenters. The van der Waals surface area contributed by atoms with Crippen molar-refractivity contribution >= 4 is 11.8 Å². The molecule has 42 heavy (non-hydrogen) atoms. The molecule has 0 amide bonds. The number of carboxylic acids is 1. The number of rotatable bonds is 9. The summed E-state index contributed by atoms with van der Waals surface area (Å²) in [6.07, 6.45) is 0.128. The summed E-state index contributed by atoms with van der Waals surface area (Å²) in [5.74, 6) is -1.63. The minimum Gasteiger partial charge on any atom is -0.481 e. The molecule has 1 atom stereocenters. The Balaban J connectivity index is 1.24. The van der Waals surface area contributed by atoms with Crippen LogP contribution < -0.4 is 0 Å². The largest absolute Gasteiger partial charge is 0.481 e. The summed E-state index contributed by atoms with van der Waals surface area (Å²) in [7, 11) is 0. The first-order valence-corrected chi connectivity index (χ1v) is 13.7. The Kier molecular flexibility index (Phi) is 8.11. The smallest absolute Gasteiger partial charge is 0.307 e. The lowest BCUT2D eigenvalue weighted by molar-refractivity contribution is -0.141. The fourth-order valence-electron chi connectivity index (χ4n) is 4.76. The van der Waals surface area contributed by atoms with E-state index in [1.807, 2.05) is 24.3 Å². The molecule has 6 nitrogen and oxygen atoms in total. The molecule has 1 aromatic heterocycles. The topological polar surface area (TPSA) is 93.3 Å². The van der Waals surface area contributed by atoms with Crippen molar-refractivity contribution in [1.82, 2.24) is 10.1 Å². The number of aromatic nitrogens is 2. The molecule has 7 heteroatoms. The van der Waals surface area contributed by atoms with Gasteiger partial charge in [-0.25, -0.2) is 4.39 Å². The van der Waals surface area contributed by atoms with Gasteiger partial charge in [-0.15, -0.1) is 0 Å². The molecule has 1 N–H and O–H groups in total. The number of carbonyl (C=O) groups excluding carboxylic acids is 1. The fourth-order valence-corrected chi connectivity index (χ4v) is 4.76. The minimum atomic E-state index is -1.01. The predicted molar refractivity (Wildman–Crippen MR) is 159 cm³/mol. The van der Waals surface area contributed by atoms with E-state index in [-0.39, 0.29) is 29.9 Å². The average molecular weight is 563 g/mol. The summed E-state index contributed by atoms with van der Waals surface area (Å²) in [5.41, 5.74) is 5.04. The lowest BCUT2D eigenvalue weighted by Gasteiger charge is -2.19. The second-order valence-electron chi connectivity index (χ2n) is 11.4. The number of aliphatic carboxylic acids is 1. The van der Waals surface area contributed by atoms with Crippen LogP contribution in [0.2, 0.25) is 0 Å². The molecule has 0 saturated heterocycles. The van der Waals surface area contributed by atoms with Crippen molar-refractivity contribution in [2.75, 3.05) is 0 Å². The van der Waals surface area contributed by atoms with E-state index < -0.39 is 11.9 Å². The summed E-state index contributed by atoms with van der Waals surface area (Å²) in [4.78, 5) is 29.4. The Morgan fingerprint density at radius 3 is 2.07 bits per heavy atom. The molecule has 5 aromatic rings. The Morgan fingerprint density at radius 1 is 0.833 bits per heavy atom. The summed E-state index contributed by atoms with van der Waals surface area (Å²) in [6.45, 7) is 6.30. The number of halogens is 1. The number of carbonyl (C=O) groups is 2. The first-order valence-electron chi connectivity index (χ1n) is 13.7. The molecule has 0 saturated carbocycles. The van der Waals surface area contributed by atoms with E-state index in [4.69, 9.17) is 4.52 Å². The second kappa shape index (κ2) is 11.9. The van der Waals surface area contributed by atoms with Gasteiger partial charge in [0.25, 0.3) is 5.89 Å². The Labute approximate surface area is 243 Å². The van der Waals surface area contributed by atoms with Gasteiger partial charge >= 0.3 is 5.97 Å². The van der Waals surface area contributed by atoms with Gasteiger partial charge in [0, 0.05) is 28.7 Å². The Morgan fingerprint density at radius 2 is 1.45 bits per heavy atom. The summed E-state index contributed by atoms with van der Waals surface area (Å²) in [5, 5.41) is 13.9. The third-order valence-corrected chi connectivity index (χ3v) is 7.29. The van der Waals surface area contributed by atoms with Gasteiger partial charge in [0.15, 0.2) is 5.78 Å². The van der Waals surface area contributed by atoms with Gasteiger partial charge < -0.3 is 9.63 Å². The van der Waals surface area contributed by atoms with E-state index >= 15 is 0 Å². The van der Waals surface area contributed by atoms with Crippen molar-refractivity contribution in [3.8, 4) is 34.0 Å². The quantitative estimate of drug-likeness (QED) is 0.183. The van der Waals surface area contributed by atoms with Gasteiger partial charge in [0.1, 0.15) is 5.82 Å². The number of benzene rings is 4. The van der Waals surface area contributed by atoms with Crippen molar-refractivity contribution in [3.63, 3.8) is 0 Å². The van der Waals surface area contributed by atoms with Crippen LogP contribution in [-0.2, 0) is 16.6 Å². The van der Waals surface area contributed by atoms with E-state index in [9.17, 15) is 19.1 Å². The molecular weight excluding hydrogens is 531 g/mol. The van der Waals surface area contributed by atoms with Gasteiger partial charge in [-0.3, -0.25) is 9.59 Å². The van der Waals surface area contributed by atoms with E-state index in [0.29, 0.717) is 34.0 Å². The predicted octanol–water partition coefficient (Wildman–Crippen LogP) is 8.02. The highest BCUT2D eigenvalue weighted by molar-refractivity contribution is 5.98. The molecule has 212 valence electrons. The third-order valence-electron chi connectivity index (χ3n) is 7.29. The van der Waals surface area contributed by atoms with Gasteiger partial charge in [0.05, 0.1) is 5.92 Å². The minimum absolute atomic E-state index is 0.0314. The van der Waals surface area contributed by atoms with Crippen LogP contribution in [-0.4, -0.2) is 27.0 Å². The van der Waals surface area contributed by atoms with Crippen LogP contribution in [0.15, 0.2) is 102 Å². The Hall–Kier alpha value is -4.91. The molecule has 5 rings (SSSR count). The van der Waals surface area contributed by atoms with Crippen molar-refractivity contribution < 1.29 is 23.6 Å². The molecule has 0 fully saturated rings. The van der Waals surface area contributed by atoms with Gasteiger partial charge in [-0.1, -0.05) is 105 Å². The van der Waals surface area contributed by atoms with Gasteiger partial charge in [-0.2, -0.15) is 4.98 Å². The zero-order valence-electron chi connectivity index (χ0n) is 23.7. The van der Waals surface area contributed by atoms with Crippen LogP contribution in [0.25, 0.3) is 34.0 Å². The summed E-state index contributed by atoms with van der Waals surface area (Å²) < 4.78 is 19.6. The van der Waals surface area contributed by atoms with Crippen LogP contribution >= 0.6 is 0 Å². The maximum absolute atomic E-state index is 14.1. The van der Waals surface area contributed by atoms with E-state index in [1.54, 1.807) is 66.7 Å². The number of hydrogen-bond donors (Lipinski definition) is 1. The summed E-state index contributed by atoms with van der Waals surface area (Å²) >= 11 is 0. The van der Waals surface area contributed by atoms with Crippen molar-refractivity contribution in [2.24, 2.45) is 5.92 Å². The highest BCUT2D eigenvalue weighted by Gasteiger charge is 2.23. The molecule has 1 heterocycles. The average Bonchev–Trinajstić information content (AvgIpc) is 3.47. The Bertz CT molecular complexity index is 1700. The van der Waals surface area contributed by atoms with Crippen molar-refractivity contribution in [2.45, 2.75) is 39.0 Å². The van der Waals surface area contributed by atoms with E-state index in [2.05, 4.69) is 30.9 Å². The van der Waals surface area contributed by atoms with Crippen molar-refractivity contribution in [3.05, 3.63) is 120 Å². The normalized spacial score (nSPS) is 12.2. The van der Waals surface area contributed by atoms with Crippen LogP contribution in [0.4, 0.5) is 4.39 Å². The monoisotopic (exact) mass is 562 g/mol.